The van der Waals surface area contributed by atoms with Crippen LogP contribution in [-0.2, 0) is 9.59 Å². The number of aromatic nitrogens is 2. The number of benzene rings is 2. The molecule has 6 nitrogen and oxygen atoms in total. The highest BCUT2D eigenvalue weighted by molar-refractivity contribution is 6.43. The van der Waals surface area contributed by atoms with Crippen molar-refractivity contribution >= 4 is 34.1 Å². The molecule has 0 saturated carbocycles. The normalized spacial score (nSPS) is 10.4. The maximum absolute atomic E-state index is 11.9. The van der Waals surface area contributed by atoms with Crippen LogP contribution in [0.3, 0.4) is 0 Å². The monoisotopic (exact) mass is 294 g/mol. The van der Waals surface area contributed by atoms with E-state index < -0.39 is 11.8 Å². The molecule has 0 fully saturated rings. The van der Waals surface area contributed by atoms with Crippen LogP contribution in [0, 0.1) is 6.92 Å². The Balaban J connectivity index is 1.69. The minimum atomic E-state index is -0.722. The summed E-state index contributed by atoms with van der Waals surface area (Å²) in [7, 11) is 0. The number of H-pyrrole nitrogens is 1. The lowest BCUT2D eigenvalue weighted by Gasteiger charge is -2.07. The number of nitrogens with zero attached hydrogens (tertiary/aromatic N) is 1. The Kier molecular flexibility index (Phi) is 3.57. The van der Waals surface area contributed by atoms with Crippen LogP contribution in [0.15, 0.2) is 48.7 Å². The number of aromatic amines is 1. The van der Waals surface area contributed by atoms with Crippen LogP contribution in [0.4, 0.5) is 11.4 Å². The third-order valence-corrected chi connectivity index (χ3v) is 3.18. The van der Waals surface area contributed by atoms with Gasteiger partial charge in [-0.2, -0.15) is 5.10 Å². The van der Waals surface area contributed by atoms with Gasteiger partial charge in [-0.3, -0.25) is 14.7 Å². The molecule has 2 amide bonds. The summed E-state index contributed by atoms with van der Waals surface area (Å²) in [4.78, 5) is 23.8. The van der Waals surface area contributed by atoms with Crippen LogP contribution in [0.2, 0.25) is 0 Å². The lowest BCUT2D eigenvalue weighted by atomic mass is 10.2. The van der Waals surface area contributed by atoms with Crippen molar-refractivity contribution in [2.75, 3.05) is 10.6 Å². The fraction of sp³-hybridized carbons (Fsp3) is 0.0625. The van der Waals surface area contributed by atoms with Crippen molar-refractivity contribution in [1.82, 2.24) is 10.2 Å². The van der Waals surface area contributed by atoms with Crippen molar-refractivity contribution in [2.24, 2.45) is 0 Å². The van der Waals surface area contributed by atoms with Gasteiger partial charge in [-0.1, -0.05) is 12.1 Å². The molecule has 0 aliphatic heterocycles. The summed E-state index contributed by atoms with van der Waals surface area (Å²) < 4.78 is 0. The van der Waals surface area contributed by atoms with E-state index in [9.17, 15) is 9.59 Å². The highest BCUT2D eigenvalue weighted by Gasteiger charge is 2.14. The van der Waals surface area contributed by atoms with E-state index in [0.29, 0.717) is 11.4 Å². The Morgan fingerprint density at radius 2 is 1.73 bits per heavy atom. The summed E-state index contributed by atoms with van der Waals surface area (Å²) >= 11 is 0. The molecule has 22 heavy (non-hydrogen) atoms. The van der Waals surface area contributed by atoms with Crippen molar-refractivity contribution in [3.8, 4) is 0 Å². The largest absolute Gasteiger partial charge is 0.318 e. The van der Waals surface area contributed by atoms with Gasteiger partial charge in [0.05, 0.1) is 11.7 Å². The van der Waals surface area contributed by atoms with Gasteiger partial charge in [-0.05, 0) is 42.8 Å². The zero-order valence-electron chi connectivity index (χ0n) is 11.9. The number of fused-ring (bicyclic) bond motifs is 1. The van der Waals surface area contributed by atoms with Crippen molar-refractivity contribution in [3.63, 3.8) is 0 Å². The SMILES string of the molecule is Cc1cccc(NC(=O)C(=O)Nc2ccc3cn[nH]c3c2)c1. The van der Waals surface area contributed by atoms with Crippen molar-refractivity contribution in [3.05, 3.63) is 54.2 Å². The molecule has 0 saturated heterocycles. The van der Waals surface area contributed by atoms with Crippen molar-refractivity contribution < 1.29 is 9.59 Å². The molecule has 110 valence electrons. The van der Waals surface area contributed by atoms with Gasteiger partial charge in [-0.25, -0.2) is 0 Å². The van der Waals surface area contributed by atoms with E-state index in [2.05, 4.69) is 20.8 Å². The van der Waals surface area contributed by atoms with Gasteiger partial charge in [0.2, 0.25) is 0 Å². The molecule has 1 aromatic heterocycles. The molecule has 3 rings (SSSR count). The topological polar surface area (TPSA) is 86.9 Å². The van der Waals surface area contributed by atoms with E-state index in [-0.39, 0.29) is 0 Å². The maximum atomic E-state index is 11.9. The molecule has 1 heterocycles. The fourth-order valence-electron chi connectivity index (χ4n) is 2.11. The van der Waals surface area contributed by atoms with Crippen LogP contribution in [-0.4, -0.2) is 22.0 Å². The van der Waals surface area contributed by atoms with Crippen molar-refractivity contribution in [2.45, 2.75) is 6.92 Å². The number of aryl methyl sites for hydroxylation is 1. The minimum absolute atomic E-state index is 0.529. The van der Waals surface area contributed by atoms with Gasteiger partial charge >= 0.3 is 11.8 Å². The van der Waals surface area contributed by atoms with Crippen LogP contribution in [0.25, 0.3) is 10.9 Å². The Labute approximate surface area is 126 Å². The van der Waals surface area contributed by atoms with Gasteiger partial charge in [0, 0.05) is 16.8 Å². The first-order valence-electron chi connectivity index (χ1n) is 6.74. The quantitative estimate of drug-likeness (QED) is 0.634. The van der Waals surface area contributed by atoms with E-state index >= 15 is 0 Å². The molecule has 0 aliphatic rings. The number of carbonyl (C=O) groups is 2. The van der Waals surface area contributed by atoms with Crippen LogP contribution < -0.4 is 10.6 Å². The first-order valence-corrected chi connectivity index (χ1v) is 6.74. The number of hydrogen-bond acceptors (Lipinski definition) is 3. The third-order valence-electron chi connectivity index (χ3n) is 3.18. The smallest absolute Gasteiger partial charge is 0.314 e. The molecule has 0 radical (unpaired) electrons. The molecule has 0 bridgehead atoms. The average Bonchev–Trinajstić information content (AvgIpc) is 2.94. The average molecular weight is 294 g/mol. The predicted molar refractivity (Wildman–Crippen MR) is 84.5 cm³/mol. The van der Waals surface area contributed by atoms with E-state index in [1.54, 1.807) is 30.5 Å². The zero-order chi connectivity index (χ0) is 15.5. The Hall–Kier alpha value is -3.15. The lowest BCUT2D eigenvalue weighted by Crippen LogP contribution is -2.29. The van der Waals surface area contributed by atoms with E-state index in [1.165, 1.54) is 0 Å². The molecule has 3 N–H and O–H groups in total. The highest BCUT2D eigenvalue weighted by atomic mass is 16.2. The zero-order valence-corrected chi connectivity index (χ0v) is 11.9. The number of rotatable bonds is 2. The second-order valence-electron chi connectivity index (χ2n) is 4.95. The van der Waals surface area contributed by atoms with Gasteiger partial charge in [0.1, 0.15) is 0 Å². The predicted octanol–water partition coefficient (Wildman–Crippen LogP) is 2.45. The summed E-state index contributed by atoms with van der Waals surface area (Å²) in [5.41, 5.74) is 2.91. The van der Waals surface area contributed by atoms with Crippen LogP contribution in [0.5, 0.6) is 0 Å². The Morgan fingerprint density at radius 3 is 2.45 bits per heavy atom. The summed E-state index contributed by atoms with van der Waals surface area (Å²) in [6.07, 6.45) is 1.69. The molecule has 0 aliphatic carbocycles. The van der Waals surface area contributed by atoms with E-state index in [4.69, 9.17) is 0 Å². The third kappa shape index (κ3) is 2.95. The number of carbonyl (C=O) groups excluding carboxylic acids is 2. The number of amides is 2. The van der Waals surface area contributed by atoms with E-state index in [1.807, 2.05) is 25.1 Å². The van der Waals surface area contributed by atoms with Crippen molar-refractivity contribution in [1.29, 1.82) is 0 Å². The minimum Gasteiger partial charge on any atom is -0.318 e. The second kappa shape index (κ2) is 5.69. The number of hydrogen-bond donors (Lipinski definition) is 3. The lowest BCUT2D eigenvalue weighted by molar-refractivity contribution is -0.132. The summed E-state index contributed by atoms with van der Waals surface area (Å²) in [6, 6.07) is 12.5. The molecule has 3 aromatic rings. The number of anilines is 2. The van der Waals surface area contributed by atoms with Gasteiger partial charge < -0.3 is 10.6 Å². The van der Waals surface area contributed by atoms with Gasteiger partial charge in [0.25, 0.3) is 0 Å². The standard InChI is InChI=1S/C16H14N4O2/c1-10-3-2-4-12(7-10)18-15(21)16(22)19-13-6-5-11-9-17-20-14(11)8-13/h2-9H,1H3,(H,17,20)(H,18,21)(H,19,22). The van der Waals surface area contributed by atoms with E-state index in [0.717, 1.165) is 16.5 Å². The first-order chi connectivity index (χ1) is 10.6. The highest BCUT2D eigenvalue weighted by Crippen LogP contribution is 2.16. The molecule has 0 spiro atoms. The molecular weight excluding hydrogens is 280 g/mol. The molecular formula is C16H14N4O2. The Bertz CT molecular complexity index is 854. The number of nitrogens with one attached hydrogen (secondary N) is 3. The Morgan fingerprint density at radius 1 is 1.00 bits per heavy atom. The summed E-state index contributed by atoms with van der Waals surface area (Å²) in [6.45, 7) is 1.91. The summed E-state index contributed by atoms with van der Waals surface area (Å²) in [5, 5.41) is 12.8. The molecule has 0 unspecified atom stereocenters. The van der Waals surface area contributed by atoms with Crippen LogP contribution >= 0.6 is 0 Å². The first kappa shape index (κ1) is 13.8. The summed E-state index contributed by atoms with van der Waals surface area (Å²) in [5.74, 6) is -1.43. The molecule has 0 atom stereocenters. The van der Waals surface area contributed by atoms with Gasteiger partial charge in [-0.15, -0.1) is 0 Å². The van der Waals surface area contributed by atoms with Crippen LogP contribution in [0.1, 0.15) is 5.56 Å². The fourth-order valence-corrected chi connectivity index (χ4v) is 2.11. The molecule has 6 heteroatoms. The maximum Gasteiger partial charge on any atom is 0.314 e. The molecule has 2 aromatic carbocycles. The van der Waals surface area contributed by atoms with Gasteiger partial charge in [0.15, 0.2) is 0 Å². The second-order valence-corrected chi connectivity index (χ2v) is 4.95.